The highest BCUT2D eigenvalue weighted by Crippen LogP contribution is 2.24. The summed E-state index contributed by atoms with van der Waals surface area (Å²) in [5.74, 6) is -1.62. The predicted molar refractivity (Wildman–Crippen MR) is 148 cm³/mol. The van der Waals surface area contributed by atoms with Crippen molar-refractivity contribution in [2.45, 2.75) is 25.6 Å². The maximum absolute atomic E-state index is 12.7. The number of nitrogens with zero attached hydrogens (tertiary/aromatic N) is 1. The fourth-order valence-corrected chi connectivity index (χ4v) is 4.46. The molecule has 37 heavy (non-hydrogen) atoms. The Balaban J connectivity index is 1.25. The van der Waals surface area contributed by atoms with Gasteiger partial charge in [0.05, 0.1) is 22.8 Å². The van der Waals surface area contributed by atoms with Gasteiger partial charge < -0.3 is 20.3 Å². The molecule has 0 unspecified atom stereocenters. The Bertz CT molecular complexity index is 1300. The van der Waals surface area contributed by atoms with Gasteiger partial charge in [-0.2, -0.15) is 0 Å². The highest BCUT2D eigenvalue weighted by molar-refractivity contribution is 9.10. The Morgan fingerprint density at radius 2 is 1.57 bits per heavy atom. The van der Waals surface area contributed by atoms with E-state index in [1.165, 1.54) is 4.90 Å². The number of anilines is 2. The van der Waals surface area contributed by atoms with Gasteiger partial charge in [-0.25, -0.2) is 0 Å². The van der Waals surface area contributed by atoms with Gasteiger partial charge in [0, 0.05) is 34.5 Å². The average Bonchev–Trinajstić information content (AvgIpc) is 2.90. The number of nitrogens with one attached hydrogen (secondary N) is 2. The Morgan fingerprint density at radius 3 is 2.24 bits per heavy atom. The van der Waals surface area contributed by atoms with E-state index >= 15 is 0 Å². The third-order valence-electron chi connectivity index (χ3n) is 5.88. The zero-order chi connectivity index (χ0) is 26.4. The Hall–Kier alpha value is -2.91. The number of benzene rings is 3. The molecule has 1 heterocycles. The number of likely N-dealkylation sites (tertiary alicyclic amines) is 1. The number of hydrogen-bond acceptors (Lipinski definition) is 4. The molecule has 0 atom stereocenters. The van der Waals surface area contributed by atoms with Gasteiger partial charge in [0.15, 0.2) is 0 Å². The van der Waals surface area contributed by atoms with Gasteiger partial charge in [-0.1, -0.05) is 51.3 Å². The van der Waals surface area contributed by atoms with Gasteiger partial charge in [0.25, 0.3) is 5.91 Å². The topological polar surface area (TPSA) is 87.7 Å². The van der Waals surface area contributed by atoms with Gasteiger partial charge in [-0.05, 0) is 73.0 Å². The first-order valence-corrected chi connectivity index (χ1v) is 13.2. The summed E-state index contributed by atoms with van der Waals surface area (Å²) >= 11 is 15.3. The molecule has 3 aromatic carbocycles. The molecular formula is C27H24BrCl2N3O4. The molecule has 1 fully saturated rings. The van der Waals surface area contributed by atoms with Crippen LogP contribution in [0.25, 0.3) is 0 Å². The standard InChI is InChI=1S/C27H24BrCl2N3O4/c28-19-7-5-18(6-8-19)25(34)31-20-2-1-3-21(15-20)32-26(35)27(36)33-12-10-22(11-13-33)37-16-17-4-9-23(29)24(30)14-17/h1-9,14-15,22H,10-13,16H2,(H,31,34)(H,32,35). The molecule has 0 radical (unpaired) electrons. The van der Waals surface area contributed by atoms with Gasteiger partial charge in [0.1, 0.15) is 0 Å². The number of rotatable bonds is 6. The van der Waals surface area contributed by atoms with Crippen LogP contribution in [0.15, 0.2) is 71.2 Å². The molecule has 1 aliphatic rings. The molecule has 192 valence electrons. The van der Waals surface area contributed by atoms with E-state index in [0.717, 1.165) is 10.0 Å². The highest BCUT2D eigenvalue weighted by Gasteiger charge is 2.27. The number of piperidine rings is 1. The zero-order valence-corrected chi connectivity index (χ0v) is 22.8. The maximum Gasteiger partial charge on any atom is 0.313 e. The minimum Gasteiger partial charge on any atom is -0.373 e. The molecule has 2 N–H and O–H groups in total. The molecule has 1 saturated heterocycles. The van der Waals surface area contributed by atoms with Crippen LogP contribution in [-0.2, 0) is 20.9 Å². The van der Waals surface area contributed by atoms with Gasteiger partial charge in [0.2, 0.25) is 0 Å². The molecule has 0 bridgehead atoms. The van der Waals surface area contributed by atoms with Crippen LogP contribution in [0.2, 0.25) is 10.0 Å². The average molecular weight is 605 g/mol. The molecule has 1 aliphatic heterocycles. The van der Waals surface area contributed by atoms with Crippen molar-refractivity contribution in [3.8, 4) is 0 Å². The summed E-state index contributed by atoms with van der Waals surface area (Å²) in [6.45, 7) is 1.23. The summed E-state index contributed by atoms with van der Waals surface area (Å²) in [6.07, 6.45) is 1.23. The van der Waals surface area contributed by atoms with E-state index in [2.05, 4.69) is 26.6 Å². The Labute approximate surface area is 233 Å². The van der Waals surface area contributed by atoms with Crippen LogP contribution < -0.4 is 10.6 Å². The largest absolute Gasteiger partial charge is 0.373 e. The normalized spacial score (nSPS) is 13.8. The number of carbonyl (C=O) groups excluding carboxylic acids is 3. The second-order valence-electron chi connectivity index (χ2n) is 8.55. The third-order valence-corrected chi connectivity index (χ3v) is 7.15. The van der Waals surface area contributed by atoms with Crippen LogP contribution >= 0.6 is 39.1 Å². The lowest BCUT2D eigenvalue weighted by Crippen LogP contribution is -2.45. The highest BCUT2D eigenvalue weighted by atomic mass is 79.9. The minimum absolute atomic E-state index is 0.0208. The van der Waals surface area contributed by atoms with Crippen LogP contribution in [0.1, 0.15) is 28.8 Å². The summed E-state index contributed by atoms with van der Waals surface area (Å²) in [5, 5.41) is 6.39. The van der Waals surface area contributed by atoms with Crippen LogP contribution in [0.5, 0.6) is 0 Å². The maximum atomic E-state index is 12.7. The van der Waals surface area contributed by atoms with Gasteiger partial charge in [-0.15, -0.1) is 0 Å². The first-order chi connectivity index (χ1) is 17.8. The molecular weight excluding hydrogens is 581 g/mol. The molecule has 0 spiro atoms. The van der Waals surface area contributed by atoms with E-state index in [9.17, 15) is 14.4 Å². The third kappa shape index (κ3) is 7.55. The van der Waals surface area contributed by atoms with Crippen molar-refractivity contribution in [1.29, 1.82) is 0 Å². The van der Waals surface area contributed by atoms with Crippen molar-refractivity contribution in [1.82, 2.24) is 4.90 Å². The first-order valence-electron chi connectivity index (χ1n) is 11.6. The predicted octanol–water partition coefficient (Wildman–Crippen LogP) is 6.15. The van der Waals surface area contributed by atoms with Crippen molar-refractivity contribution in [3.05, 3.63) is 92.4 Å². The summed E-state index contributed by atoms with van der Waals surface area (Å²) in [7, 11) is 0. The van der Waals surface area contributed by atoms with E-state index in [0.29, 0.717) is 59.5 Å². The van der Waals surface area contributed by atoms with E-state index < -0.39 is 11.8 Å². The summed E-state index contributed by atoms with van der Waals surface area (Å²) < 4.78 is 6.83. The molecule has 3 amide bonds. The smallest absolute Gasteiger partial charge is 0.313 e. The molecule has 0 aromatic heterocycles. The number of carbonyl (C=O) groups is 3. The van der Waals surface area contributed by atoms with E-state index in [1.807, 2.05) is 6.07 Å². The van der Waals surface area contributed by atoms with Crippen molar-refractivity contribution in [3.63, 3.8) is 0 Å². The lowest BCUT2D eigenvalue weighted by Gasteiger charge is -2.31. The Kier molecular flexibility index (Phi) is 9.21. The van der Waals surface area contributed by atoms with Crippen LogP contribution in [-0.4, -0.2) is 41.8 Å². The van der Waals surface area contributed by atoms with Crippen molar-refractivity contribution < 1.29 is 19.1 Å². The lowest BCUT2D eigenvalue weighted by atomic mass is 10.1. The molecule has 0 aliphatic carbocycles. The van der Waals surface area contributed by atoms with E-state index in [-0.39, 0.29) is 12.0 Å². The molecule has 4 rings (SSSR count). The summed E-state index contributed by atoms with van der Waals surface area (Å²) in [4.78, 5) is 39.3. The van der Waals surface area contributed by atoms with Crippen molar-refractivity contribution >= 4 is 68.2 Å². The number of halogens is 3. The van der Waals surface area contributed by atoms with Crippen LogP contribution in [0.4, 0.5) is 11.4 Å². The monoisotopic (exact) mass is 603 g/mol. The molecule has 0 saturated carbocycles. The molecule has 7 nitrogen and oxygen atoms in total. The van der Waals surface area contributed by atoms with E-state index in [4.69, 9.17) is 27.9 Å². The fourth-order valence-electron chi connectivity index (χ4n) is 3.88. The number of ether oxygens (including phenoxy) is 1. The van der Waals surface area contributed by atoms with E-state index in [1.54, 1.807) is 60.7 Å². The van der Waals surface area contributed by atoms with Crippen LogP contribution in [0, 0.1) is 0 Å². The quantitative estimate of drug-likeness (QED) is 0.330. The summed E-state index contributed by atoms with van der Waals surface area (Å²) in [6, 6.07) is 19.0. The summed E-state index contributed by atoms with van der Waals surface area (Å²) in [5.41, 5.74) is 2.32. The lowest BCUT2D eigenvalue weighted by molar-refractivity contribution is -0.145. The number of hydrogen-bond donors (Lipinski definition) is 2. The molecule has 10 heteroatoms. The Morgan fingerprint density at radius 1 is 0.892 bits per heavy atom. The van der Waals surface area contributed by atoms with Crippen molar-refractivity contribution in [2.75, 3.05) is 23.7 Å². The van der Waals surface area contributed by atoms with Crippen LogP contribution in [0.3, 0.4) is 0 Å². The second-order valence-corrected chi connectivity index (χ2v) is 10.3. The first kappa shape index (κ1) is 27.1. The minimum atomic E-state index is -0.730. The zero-order valence-electron chi connectivity index (χ0n) is 19.7. The second kappa shape index (κ2) is 12.6. The van der Waals surface area contributed by atoms with Crippen molar-refractivity contribution in [2.24, 2.45) is 0 Å². The number of amides is 3. The van der Waals surface area contributed by atoms with Gasteiger partial charge >= 0.3 is 11.8 Å². The molecule has 3 aromatic rings. The van der Waals surface area contributed by atoms with Gasteiger partial charge in [-0.3, -0.25) is 14.4 Å². The SMILES string of the molecule is O=C(Nc1cccc(NC(=O)c2ccc(Br)cc2)c1)C(=O)N1CCC(OCc2ccc(Cl)c(Cl)c2)CC1. The fraction of sp³-hybridized carbons (Fsp3) is 0.222.